The Kier molecular flexibility index (Phi) is 28.6. The van der Waals surface area contributed by atoms with Crippen molar-refractivity contribution in [2.75, 3.05) is 26.2 Å². The van der Waals surface area contributed by atoms with Crippen LogP contribution in [-0.4, -0.2) is 178 Å². The number of sulfonamides is 4. The average Bonchev–Trinajstić information content (AvgIpc) is 3.26. The molecule has 0 aliphatic carbocycles. The van der Waals surface area contributed by atoms with E-state index in [2.05, 4.69) is 83.1 Å². The first kappa shape index (κ1) is 79.4. The van der Waals surface area contributed by atoms with Gasteiger partial charge in [-0.2, -0.15) is 17.2 Å². The fourth-order valence-electron chi connectivity index (χ4n) is 8.97. The SMILES string of the molecule is CC(C)(C)c1ccc(S(=O)(=O)N2CC[C@H]2C(O)O)cc1.CC(C)(C)c1ccc(S(=O)(=O)N2CC[C@H]2C(O)O)cc1.CC(C)(C)c1ccc(S(=O)(=O)N2CC[C@H]2C(O)O)cc1.CC(C)(C)c1ccc(S(=O)(=O)N2CC[C@H]2C(O)O)cc1.O.O.[Rh].[Rh]. The van der Waals surface area contributed by atoms with Gasteiger partial charge in [0, 0.05) is 65.1 Å². The first-order chi connectivity index (χ1) is 36.5. The minimum Gasteiger partial charge on any atom is -0.412 e. The van der Waals surface area contributed by atoms with Gasteiger partial charge in [-0.25, -0.2) is 33.7 Å². The van der Waals surface area contributed by atoms with Crippen molar-refractivity contribution >= 4 is 40.1 Å². The van der Waals surface area contributed by atoms with Gasteiger partial charge in [0.05, 0.1) is 43.7 Å². The van der Waals surface area contributed by atoms with Crippen LogP contribution in [0.25, 0.3) is 0 Å². The van der Waals surface area contributed by atoms with E-state index >= 15 is 0 Å². The molecule has 4 atom stereocenters. The molecule has 4 aliphatic rings. The molecular formula is C56H88N4O18Rh2S4. The molecule has 8 rings (SSSR count). The number of hydrogen-bond acceptors (Lipinski definition) is 16. The van der Waals surface area contributed by atoms with Crippen LogP contribution >= 0.6 is 0 Å². The number of aliphatic hydroxyl groups excluding tert-OH is 4. The molecule has 0 amide bonds. The van der Waals surface area contributed by atoms with Crippen molar-refractivity contribution in [3.05, 3.63) is 119 Å². The molecule has 28 heteroatoms. The smallest absolute Gasteiger partial charge is 0.243 e. The molecule has 482 valence electrons. The van der Waals surface area contributed by atoms with Crippen molar-refractivity contribution in [3.63, 3.8) is 0 Å². The van der Waals surface area contributed by atoms with E-state index in [4.69, 9.17) is 40.9 Å². The van der Waals surface area contributed by atoms with Crippen LogP contribution in [0.2, 0.25) is 0 Å². The second-order valence-corrected chi connectivity index (χ2v) is 32.2. The maximum atomic E-state index is 12.4. The molecule has 0 aromatic heterocycles. The van der Waals surface area contributed by atoms with E-state index in [1.54, 1.807) is 97.1 Å². The maximum absolute atomic E-state index is 12.4. The predicted octanol–water partition coefficient (Wildman–Crippen LogP) is 2.58. The van der Waals surface area contributed by atoms with Crippen LogP contribution in [0.15, 0.2) is 117 Å². The van der Waals surface area contributed by atoms with Crippen LogP contribution in [0.5, 0.6) is 0 Å². The summed E-state index contributed by atoms with van der Waals surface area (Å²) in [7, 11) is -14.6. The van der Waals surface area contributed by atoms with Crippen LogP contribution in [-0.2, 0) is 101 Å². The van der Waals surface area contributed by atoms with Crippen molar-refractivity contribution in [1.82, 2.24) is 17.2 Å². The molecule has 4 aromatic carbocycles. The Morgan fingerprint density at radius 3 is 0.524 bits per heavy atom. The van der Waals surface area contributed by atoms with Gasteiger partial charge < -0.3 is 51.8 Å². The van der Waals surface area contributed by atoms with Crippen molar-refractivity contribution in [2.45, 2.75) is 199 Å². The number of aliphatic hydroxyl groups is 8. The molecule has 22 nitrogen and oxygen atoms in total. The normalized spacial score (nSPS) is 20.0. The number of benzene rings is 4. The third-order valence-corrected chi connectivity index (χ3v) is 22.5. The fraction of sp³-hybridized carbons (Fsp3) is 0.571. The van der Waals surface area contributed by atoms with Gasteiger partial charge in [-0.05, 0) is 118 Å². The molecule has 0 bridgehead atoms. The molecule has 0 spiro atoms. The summed E-state index contributed by atoms with van der Waals surface area (Å²) >= 11 is 0. The Labute approximate surface area is 522 Å². The van der Waals surface area contributed by atoms with Crippen LogP contribution < -0.4 is 0 Å². The monoisotopic (exact) mass is 1440 g/mol. The van der Waals surface area contributed by atoms with Crippen LogP contribution in [0, 0.1) is 0 Å². The Morgan fingerprint density at radius 1 is 0.310 bits per heavy atom. The van der Waals surface area contributed by atoms with E-state index in [-0.39, 0.29) is 91.2 Å². The van der Waals surface area contributed by atoms with Crippen LogP contribution in [0.3, 0.4) is 0 Å². The van der Waals surface area contributed by atoms with Crippen LogP contribution in [0.4, 0.5) is 0 Å². The molecule has 4 saturated heterocycles. The number of hydrogen-bond donors (Lipinski definition) is 8. The fourth-order valence-corrected chi connectivity index (χ4v) is 15.6. The standard InChI is InChI=1S/4C14H21NO4S.2H2O.2Rh/c4*1-14(2,3)10-4-6-11(7-5-10)20(18,19)15-9-8-12(15)13(16)17;;;;/h4*4-7,12-13,16-17H,8-9H2,1-3H3;2*1H2;;/t4*12-;;;;/m0000..../s1. The van der Waals surface area contributed by atoms with Gasteiger partial charge in [0.1, 0.15) is 0 Å². The minimum absolute atomic E-state index is 0. The van der Waals surface area contributed by atoms with E-state index in [0.29, 0.717) is 51.9 Å². The van der Waals surface area contributed by atoms with E-state index in [9.17, 15) is 33.7 Å². The van der Waals surface area contributed by atoms with Crippen molar-refractivity contribution in [3.8, 4) is 0 Å². The molecule has 0 saturated carbocycles. The number of rotatable bonds is 12. The first-order valence-corrected chi connectivity index (χ1v) is 32.3. The zero-order valence-corrected chi connectivity index (χ0v) is 56.0. The Morgan fingerprint density at radius 2 is 0.440 bits per heavy atom. The molecule has 2 radical (unpaired) electrons. The van der Waals surface area contributed by atoms with Gasteiger partial charge in [0.15, 0.2) is 25.2 Å². The van der Waals surface area contributed by atoms with Gasteiger partial charge in [0.2, 0.25) is 40.1 Å². The summed E-state index contributed by atoms with van der Waals surface area (Å²) in [5.41, 5.74) is 4.06. The van der Waals surface area contributed by atoms with E-state index in [1.807, 2.05) is 0 Å². The second-order valence-electron chi connectivity index (χ2n) is 24.6. The summed E-state index contributed by atoms with van der Waals surface area (Å²) in [5.74, 6) is 0. The van der Waals surface area contributed by atoms with Crippen molar-refractivity contribution in [2.24, 2.45) is 0 Å². The zero-order valence-electron chi connectivity index (χ0n) is 49.4. The largest absolute Gasteiger partial charge is 0.412 e. The minimum atomic E-state index is -3.65. The van der Waals surface area contributed by atoms with Gasteiger partial charge in [-0.1, -0.05) is 132 Å². The number of nitrogens with zero attached hydrogens (tertiary/aromatic N) is 4. The van der Waals surface area contributed by atoms with E-state index in [1.165, 1.54) is 0 Å². The van der Waals surface area contributed by atoms with Crippen molar-refractivity contribution in [1.29, 1.82) is 0 Å². The van der Waals surface area contributed by atoms with Gasteiger partial charge in [-0.3, -0.25) is 0 Å². The third kappa shape index (κ3) is 18.7. The second kappa shape index (κ2) is 30.2. The average molecular weight is 1440 g/mol. The Bertz CT molecular complexity index is 2740. The summed E-state index contributed by atoms with van der Waals surface area (Å²) in [4.78, 5) is 0.762. The molecule has 84 heavy (non-hydrogen) atoms. The van der Waals surface area contributed by atoms with Crippen LogP contribution in [0.1, 0.15) is 131 Å². The summed E-state index contributed by atoms with van der Waals surface area (Å²) in [6, 6.07) is 24.1. The van der Waals surface area contributed by atoms with Gasteiger partial charge in [0.25, 0.3) is 0 Å². The maximum Gasteiger partial charge on any atom is 0.243 e. The summed E-state index contributed by atoms with van der Waals surface area (Å²) < 4.78 is 104. The first-order valence-electron chi connectivity index (χ1n) is 26.5. The zero-order chi connectivity index (χ0) is 60.5. The molecule has 4 fully saturated rings. The predicted molar refractivity (Wildman–Crippen MR) is 310 cm³/mol. The third-order valence-electron chi connectivity index (χ3n) is 14.7. The molecule has 4 aliphatic heterocycles. The van der Waals surface area contributed by atoms with Gasteiger partial charge >= 0.3 is 0 Å². The molecule has 4 aromatic rings. The quantitative estimate of drug-likeness (QED) is 0.0746. The molecule has 4 heterocycles. The summed E-state index contributed by atoms with van der Waals surface area (Å²) in [5, 5.41) is 73.2. The summed E-state index contributed by atoms with van der Waals surface area (Å²) in [6.45, 7) is 26.0. The summed E-state index contributed by atoms with van der Waals surface area (Å²) in [6.07, 6.45) is -4.65. The Hall–Kier alpha value is -2.63. The van der Waals surface area contributed by atoms with Crippen molar-refractivity contribution < 1.29 is 124 Å². The van der Waals surface area contributed by atoms with E-state index < -0.39 is 89.4 Å². The topological polar surface area (TPSA) is 374 Å². The Balaban J connectivity index is 0.000000551. The molecule has 12 N–H and O–H groups in total. The molecular weight excluding hydrogens is 1350 g/mol. The van der Waals surface area contributed by atoms with E-state index in [0.717, 1.165) is 39.5 Å². The molecule has 0 unspecified atom stereocenters. The van der Waals surface area contributed by atoms with Gasteiger partial charge in [-0.15, -0.1) is 0 Å².